The van der Waals surface area contributed by atoms with Crippen molar-refractivity contribution in [3.05, 3.63) is 52.1 Å². The van der Waals surface area contributed by atoms with E-state index < -0.39 is 0 Å². The summed E-state index contributed by atoms with van der Waals surface area (Å²) in [5.41, 5.74) is 1.40. The van der Waals surface area contributed by atoms with E-state index in [1.54, 1.807) is 19.1 Å². The third-order valence-corrected chi connectivity index (χ3v) is 3.09. The Labute approximate surface area is 125 Å². The first-order chi connectivity index (χ1) is 9.60. The third-order valence-electron chi connectivity index (χ3n) is 2.60. The highest BCUT2D eigenvalue weighted by Crippen LogP contribution is 2.26. The van der Waals surface area contributed by atoms with Crippen molar-refractivity contribution < 1.29 is 14.3 Å². The predicted octanol–water partition coefficient (Wildman–Crippen LogP) is 4.12. The topological polar surface area (TPSA) is 48.4 Å². The predicted molar refractivity (Wildman–Crippen MR) is 79.1 cm³/mol. The van der Waals surface area contributed by atoms with Crippen LogP contribution in [0.25, 0.3) is 0 Å². The molecule has 104 valence electrons. The van der Waals surface area contributed by atoms with Crippen LogP contribution in [0.3, 0.4) is 0 Å². The molecule has 0 atom stereocenters. The van der Waals surface area contributed by atoms with Gasteiger partial charge < -0.3 is 9.47 Å². The second kappa shape index (κ2) is 6.52. The van der Waals surface area contributed by atoms with E-state index in [4.69, 9.17) is 9.47 Å². The molecule has 1 aromatic carbocycles. The van der Waals surface area contributed by atoms with E-state index in [0.29, 0.717) is 18.1 Å². The molecule has 0 aliphatic heterocycles. The number of aryl methyl sites for hydroxylation is 1. The minimum absolute atomic E-state index is 0.342. The number of pyridine rings is 1. The highest BCUT2D eigenvalue weighted by atomic mass is 79.9. The molecule has 5 heteroatoms. The van der Waals surface area contributed by atoms with Gasteiger partial charge in [-0.3, -0.25) is 0 Å². The number of rotatable bonds is 4. The van der Waals surface area contributed by atoms with E-state index in [1.165, 1.54) is 6.20 Å². The number of esters is 1. The Bertz CT molecular complexity index is 611. The summed E-state index contributed by atoms with van der Waals surface area (Å²) in [6.07, 6.45) is 1.45. The van der Waals surface area contributed by atoms with Crippen LogP contribution in [0, 0.1) is 6.92 Å². The van der Waals surface area contributed by atoms with Crippen molar-refractivity contribution in [2.24, 2.45) is 0 Å². The molecule has 1 heterocycles. The van der Waals surface area contributed by atoms with Gasteiger partial charge in [0.25, 0.3) is 0 Å². The molecular formula is C15H14BrNO3. The van der Waals surface area contributed by atoms with Crippen LogP contribution in [0.1, 0.15) is 22.8 Å². The van der Waals surface area contributed by atoms with Crippen molar-refractivity contribution in [2.45, 2.75) is 13.8 Å². The molecule has 4 nitrogen and oxygen atoms in total. The summed E-state index contributed by atoms with van der Waals surface area (Å²) in [7, 11) is 0. The zero-order valence-corrected chi connectivity index (χ0v) is 12.8. The summed E-state index contributed by atoms with van der Waals surface area (Å²) in [6.45, 7) is 4.06. The number of halogens is 1. The van der Waals surface area contributed by atoms with E-state index in [-0.39, 0.29) is 5.97 Å². The number of nitrogens with zero attached hydrogens (tertiary/aromatic N) is 1. The first-order valence-corrected chi connectivity index (χ1v) is 6.96. The maximum atomic E-state index is 11.5. The number of benzene rings is 1. The Morgan fingerprint density at radius 3 is 2.70 bits per heavy atom. The molecule has 0 radical (unpaired) electrons. The maximum Gasteiger partial charge on any atom is 0.339 e. The van der Waals surface area contributed by atoms with Crippen molar-refractivity contribution in [3.8, 4) is 11.6 Å². The molecule has 0 spiro atoms. The lowest BCUT2D eigenvalue weighted by molar-refractivity contribution is 0.0526. The largest absolute Gasteiger partial charge is 0.462 e. The van der Waals surface area contributed by atoms with E-state index in [0.717, 1.165) is 15.8 Å². The molecule has 1 aromatic heterocycles. The minimum Gasteiger partial charge on any atom is -0.462 e. The van der Waals surface area contributed by atoms with Crippen LogP contribution in [0.4, 0.5) is 0 Å². The summed E-state index contributed by atoms with van der Waals surface area (Å²) in [5.74, 6) is 0.777. The molecule has 0 bridgehead atoms. The summed E-state index contributed by atoms with van der Waals surface area (Å²) in [6, 6.07) is 9.00. The highest BCUT2D eigenvalue weighted by molar-refractivity contribution is 9.10. The number of hydrogen-bond acceptors (Lipinski definition) is 4. The van der Waals surface area contributed by atoms with Gasteiger partial charge in [0.1, 0.15) is 5.75 Å². The first-order valence-electron chi connectivity index (χ1n) is 6.17. The lowest BCUT2D eigenvalue weighted by atomic mass is 10.2. The monoisotopic (exact) mass is 335 g/mol. The van der Waals surface area contributed by atoms with Gasteiger partial charge in [-0.1, -0.05) is 15.9 Å². The normalized spacial score (nSPS) is 10.2. The Hall–Kier alpha value is -1.88. The average Bonchev–Trinajstić information content (AvgIpc) is 2.43. The van der Waals surface area contributed by atoms with E-state index in [1.807, 2.05) is 25.1 Å². The van der Waals surface area contributed by atoms with Crippen LogP contribution >= 0.6 is 15.9 Å². The SMILES string of the molecule is CCOC(=O)c1ccc(Oc2ccc(Br)cc2C)nc1. The van der Waals surface area contributed by atoms with Crippen LogP contribution in [-0.2, 0) is 4.74 Å². The molecular weight excluding hydrogens is 322 g/mol. The van der Waals surface area contributed by atoms with Crippen molar-refractivity contribution in [1.29, 1.82) is 0 Å². The standard InChI is InChI=1S/C15H14BrNO3/c1-3-19-15(18)11-4-7-14(17-9-11)20-13-6-5-12(16)8-10(13)2/h4-9H,3H2,1-2H3. The number of hydrogen-bond donors (Lipinski definition) is 0. The van der Waals surface area contributed by atoms with Gasteiger partial charge in [0.15, 0.2) is 0 Å². The molecule has 2 aromatic rings. The van der Waals surface area contributed by atoms with Gasteiger partial charge in [0.2, 0.25) is 5.88 Å². The molecule has 2 rings (SSSR count). The van der Waals surface area contributed by atoms with E-state index >= 15 is 0 Å². The second-order valence-corrected chi connectivity index (χ2v) is 5.03. The van der Waals surface area contributed by atoms with Gasteiger partial charge in [0.05, 0.1) is 12.2 Å². The van der Waals surface area contributed by atoms with Crippen molar-refractivity contribution >= 4 is 21.9 Å². The van der Waals surface area contributed by atoms with Crippen LogP contribution in [0.15, 0.2) is 41.0 Å². The lowest BCUT2D eigenvalue weighted by Crippen LogP contribution is -2.05. The average molecular weight is 336 g/mol. The van der Waals surface area contributed by atoms with Crippen molar-refractivity contribution in [3.63, 3.8) is 0 Å². The summed E-state index contributed by atoms with van der Waals surface area (Å²) >= 11 is 3.40. The van der Waals surface area contributed by atoms with Gasteiger partial charge in [-0.25, -0.2) is 9.78 Å². The molecule has 0 aliphatic carbocycles. The maximum absolute atomic E-state index is 11.5. The van der Waals surface area contributed by atoms with Crippen LogP contribution in [0.5, 0.6) is 11.6 Å². The molecule has 0 unspecified atom stereocenters. The van der Waals surface area contributed by atoms with Crippen molar-refractivity contribution in [2.75, 3.05) is 6.61 Å². The number of aromatic nitrogens is 1. The van der Waals surface area contributed by atoms with Gasteiger partial charge >= 0.3 is 5.97 Å². The fourth-order valence-electron chi connectivity index (χ4n) is 1.62. The van der Waals surface area contributed by atoms with E-state index in [2.05, 4.69) is 20.9 Å². The number of carbonyl (C=O) groups is 1. The fourth-order valence-corrected chi connectivity index (χ4v) is 2.09. The summed E-state index contributed by atoms with van der Waals surface area (Å²) in [4.78, 5) is 15.6. The van der Waals surface area contributed by atoms with Crippen LogP contribution < -0.4 is 4.74 Å². The lowest BCUT2D eigenvalue weighted by Gasteiger charge is -2.08. The molecule has 0 N–H and O–H groups in total. The Morgan fingerprint density at radius 1 is 1.30 bits per heavy atom. The molecule has 0 saturated heterocycles. The van der Waals surface area contributed by atoms with Gasteiger partial charge in [0, 0.05) is 16.7 Å². The smallest absolute Gasteiger partial charge is 0.339 e. The molecule has 0 saturated carbocycles. The van der Waals surface area contributed by atoms with Gasteiger partial charge in [-0.2, -0.15) is 0 Å². The summed E-state index contributed by atoms with van der Waals surface area (Å²) in [5, 5.41) is 0. The quantitative estimate of drug-likeness (QED) is 0.788. The van der Waals surface area contributed by atoms with Gasteiger partial charge in [-0.05, 0) is 43.7 Å². The summed E-state index contributed by atoms with van der Waals surface area (Å²) < 4.78 is 11.6. The number of carbonyl (C=O) groups excluding carboxylic acids is 1. The number of ether oxygens (including phenoxy) is 2. The van der Waals surface area contributed by atoms with Crippen LogP contribution in [-0.4, -0.2) is 17.6 Å². The van der Waals surface area contributed by atoms with Crippen molar-refractivity contribution in [1.82, 2.24) is 4.98 Å². The molecule has 0 fully saturated rings. The zero-order valence-electron chi connectivity index (χ0n) is 11.2. The Morgan fingerprint density at radius 2 is 2.10 bits per heavy atom. The molecule has 0 amide bonds. The first kappa shape index (κ1) is 14.5. The Kier molecular flexibility index (Phi) is 4.74. The Balaban J connectivity index is 2.12. The minimum atomic E-state index is -0.383. The van der Waals surface area contributed by atoms with Gasteiger partial charge in [-0.15, -0.1) is 0 Å². The van der Waals surface area contributed by atoms with E-state index in [9.17, 15) is 4.79 Å². The third kappa shape index (κ3) is 3.57. The molecule has 20 heavy (non-hydrogen) atoms. The highest BCUT2D eigenvalue weighted by Gasteiger charge is 2.08. The fraction of sp³-hybridized carbons (Fsp3) is 0.200. The zero-order chi connectivity index (χ0) is 14.5. The molecule has 0 aliphatic rings. The van der Waals surface area contributed by atoms with Crippen LogP contribution in [0.2, 0.25) is 0 Å². The second-order valence-electron chi connectivity index (χ2n) is 4.12.